The third kappa shape index (κ3) is 3.79. The van der Waals surface area contributed by atoms with Gasteiger partial charge in [-0.1, -0.05) is 19.1 Å². The zero-order chi connectivity index (χ0) is 17.8. The molecule has 0 spiro atoms. The summed E-state index contributed by atoms with van der Waals surface area (Å²) in [6, 6.07) is 10.1. The number of carbonyl (C=O) groups excluding carboxylic acids is 1. The summed E-state index contributed by atoms with van der Waals surface area (Å²) in [5, 5.41) is 4.17. The normalized spacial score (nSPS) is 10.8. The molecule has 6 heteroatoms. The predicted molar refractivity (Wildman–Crippen MR) is 104 cm³/mol. The third-order valence-corrected chi connectivity index (χ3v) is 5.25. The van der Waals surface area contributed by atoms with Gasteiger partial charge in [-0.15, -0.1) is 11.3 Å². The smallest absolute Gasteiger partial charge is 0.246 e. The molecule has 0 aliphatic carbocycles. The van der Waals surface area contributed by atoms with Crippen LogP contribution in [0.1, 0.15) is 24.3 Å². The van der Waals surface area contributed by atoms with Gasteiger partial charge in [0.2, 0.25) is 5.91 Å². The Morgan fingerprint density at radius 2 is 2.08 bits per heavy atom. The minimum Gasteiger partial charge on any atom is -0.360 e. The molecule has 1 aromatic carbocycles. The van der Waals surface area contributed by atoms with Crippen molar-refractivity contribution in [1.82, 2.24) is 9.97 Å². The Bertz CT molecular complexity index is 890. The van der Waals surface area contributed by atoms with Crippen molar-refractivity contribution in [2.45, 2.75) is 27.2 Å². The zero-order valence-corrected chi connectivity index (χ0v) is 15.6. The number of aryl methyl sites for hydroxylation is 2. The van der Waals surface area contributed by atoms with Gasteiger partial charge in [0.15, 0.2) is 0 Å². The van der Waals surface area contributed by atoms with Crippen molar-refractivity contribution >= 4 is 39.0 Å². The minimum atomic E-state index is 0.0193. The lowest BCUT2D eigenvalue weighted by atomic mass is 10.2. The number of nitrogens with zero attached hydrogens (tertiary/aromatic N) is 3. The number of likely N-dealkylation sites (N-methyl/N-ethyl adjacent to an activating group) is 1. The Kier molecular flexibility index (Phi) is 5.28. The van der Waals surface area contributed by atoms with Gasteiger partial charge >= 0.3 is 0 Å². The van der Waals surface area contributed by atoms with E-state index in [1.54, 1.807) is 22.6 Å². The van der Waals surface area contributed by atoms with E-state index in [0.29, 0.717) is 6.54 Å². The molecule has 25 heavy (non-hydrogen) atoms. The van der Waals surface area contributed by atoms with Crippen molar-refractivity contribution in [3.63, 3.8) is 0 Å². The molecule has 0 atom stereocenters. The summed E-state index contributed by atoms with van der Waals surface area (Å²) >= 11 is 1.67. The first-order valence-corrected chi connectivity index (χ1v) is 9.28. The molecule has 2 heterocycles. The molecule has 1 amide bonds. The number of hydrogen-bond acceptors (Lipinski definition) is 5. The predicted octanol–water partition coefficient (Wildman–Crippen LogP) is 4.03. The molecule has 0 aliphatic rings. The first-order valence-electron chi connectivity index (χ1n) is 8.46. The van der Waals surface area contributed by atoms with E-state index in [2.05, 4.69) is 28.3 Å². The van der Waals surface area contributed by atoms with Crippen molar-refractivity contribution < 1.29 is 4.79 Å². The highest BCUT2D eigenvalue weighted by atomic mass is 32.1. The van der Waals surface area contributed by atoms with Crippen LogP contribution in [0.15, 0.2) is 36.7 Å². The van der Waals surface area contributed by atoms with Gasteiger partial charge in [0.1, 0.15) is 17.0 Å². The van der Waals surface area contributed by atoms with Crippen LogP contribution in [0.5, 0.6) is 0 Å². The van der Waals surface area contributed by atoms with E-state index in [9.17, 15) is 4.79 Å². The van der Waals surface area contributed by atoms with E-state index < -0.39 is 0 Å². The van der Waals surface area contributed by atoms with Crippen LogP contribution in [0.4, 0.5) is 11.5 Å². The molecule has 0 saturated heterocycles. The molecular weight excluding hydrogens is 332 g/mol. The van der Waals surface area contributed by atoms with Gasteiger partial charge in [0.25, 0.3) is 0 Å². The van der Waals surface area contributed by atoms with Crippen LogP contribution < -0.4 is 10.2 Å². The number of thiophene rings is 1. The van der Waals surface area contributed by atoms with E-state index in [4.69, 9.17) is 0 Å². The summed E-state index contributed by atoms with van der Waals surface area (Å²) in [5.74, 6) is 0.736. The van der Waals surface area contributed by atoms with E-state index in [1.165, 1.54) is 4.88 Å². The van der Waals surface area contributed by atoms with Crippen LogP contribution in [-0.2, 0) is 11.2 Å². The van der Waals surface area contributed by atoms with E-state index >= 15 is 0 Å². The van der Waals surface area contributed by atoms with Crippen LogP contribution in [0, 0.1) is 6.92 Å². The Morgan fingerprint density at radius 3 is 2.80 bits per heavy atom. The summed E-state index contributed by atoms with van der Waals surface area (Å²) < 4.78 is 0. The number of aromatic nitrogens is 2. The van der Waals surface area contributed by atoms with Gasteiger partial charge in [0, 0.05) is 17.1 Å². The Hall–Kier alpha value is -2.47. The lowest BCUT2D eigenvalue weighted by Gasteiger charge is -2.22. The molecule has 0 saturated carbocycles. The molecule has 0 fully saturated rings. The maximum Gasteiger partial charge on any atom is 0.246 e. The highest BCUT2D eigenvalue weighted by Crippen LogP contribution is 2.28. The van der Waals surface area contributed by atoms with E-state index in [1.807, 2.05) is 38.1 Å². The first-order chi connectivity index (χ1) is 12.1. The van der Waals surface area contributed by atoms with Gasteiger partial charge in [-0.3, -0.25) is 4.79 Å². The quantitative estimate of drug-likeness (QED) is 0.726. The molecule has 3 rings (SSSR count). The van der Waals surface area contributed by atoms with Gasteiger partial charge in [0.05, 0.1) is 11.9 Å². The fraction of sp³-hybridized carbons (Fsp3) is 0.316. The molecule has 5 nitrogen and oxygen atoms in total. The fourth-order valence-electron chi connectivity index (χ4n) is 2.77. The molecule has 0 aliphatic heterocycles. The second-order valence-electron chi connectivity index (χ2n) is 5.84. The molecule has 1 N–H and O–H groups in total. The number of nitrogens with one attached hydrogen (secondary N) is 1. The average Bonchev–Trinajstić information content (AvgIpc) is 3.04. The van der Waals surface area contributed by atoms with Crippen LogP contribution in [0.3, 0.4) is 0 Å². The van der Waals surface area contributed by atoms with Gasteiger partial charge < -0.3 is 10.2 Å². The van der Waals surface area contributed by atoms with Crippen LogP contribution >= 0.6 is 11.3 Å². The monoisotopic (exact) mass is 354 g/mol. The zero-order valence-electron chi connectivity index (χ0n) is 14.7. The largest absolute Gasteiger partial charge is 0.360 e. The third-order valence-electron chi connectivity index (χ3n) is 4.07. The lowest BCUT2D eigenvalue weighted by molar-refractivity contribution is -0.116. The standard InChI is InChI=1S/C19H22N4OS/c1-4-15-10-16-18(21-12-22-19(16)25-15)20-11-17(24)23(5-2)14-8-6-7-13(3)9-14/h6-10,12H,4-5,11H2,1-3H3,(H,20,21,22). The number of hydrogen-bond donors (Lipinski definition) is 1. The SMILES string of the molecule is CCc1cc2c(NCC(=O)N(CC)c3cccc(C)c3)ncnc2s1. The summed E-state index contributed by atoms with van der Waals surface area (Å²) in [5.41, 5.74) is 2.06. The number of carbonyl (C=O) groups is 1. The topological polar surface area (TPSA) is 58.1 Å². The second kappa shape index (κ2) is 7.61. The molecule has 2 aromatic heterocycles. The molecule has 130 valence electrons. The van der Waals surface area contributed by atoms with Crippen molar-refractivity contribution in [2.75, 3.05) is 23.3 Å². The van der Waals surface area contributed by atoms with Crippen molar-refractivity contribution in [3.8, 4) is 0 Å². The van der Waals surface area contributed by atoms with Crippen molar-refractivity contribution in [3.05, 3.63) is 47.1 Å². The van der Waals surface area contributed by atoms with Gasteiger partial charge in [-0.05, 0) is 44.0 Å². The average molecular weight is 354 g/mol. The number of rotatable bonds is 6. The molecule has 0 radical (unpaired) electrons. The van der Waals surface area contributed by atoms with E-state index in [-0.39, 0.29) is 12.5 Å². The lowest BCUT2D eigenvalue weighted by Crippen LogP contribution is -2.35. The molecule has 0 unspecified atom stereocenters. The maximum atomic E-state index is 12.7. The van der Waals surface area contributed by atoms with Crippen LogP contribution in [0.25, 0.3) is 10.2 Å². The number of anilines is 2. The fourth-order valence-corrected chi connectivity index (χ4v) is 3.71. The minimum absolute atomic E-state index is 0.0193. The summed E-state index contributed by atoms with van der Waals surface area (Å²) in [7, 11) is 0. The Balaban J connectivity index is 1.76. The van der Waals surface area contributed by atoms with E-state index in [0.717, 1.165) is 33.7 Å². The number of fused-ring (bicyclic) bond motifs is 1. The highest BCUT2D eigenvalue weighted by molar-refractivity contribution is 7.18. The Morgan fingerprint density at radius 1 is 1.24 bits per heavy atom. The van der Waals surface area contributed by atoms with Gasteiger partial charge in [-0.2, -0.15) is 0 Å². The second-order valence-corrected chi connectivity index (χ2v) is 6.95. The van der Waals surface area contributed by atoms with Gasteiger partial charge in [-0.25, -0.2) is 9.97 Å². The first kappa shape index (κ1) is 17.4. The summed E-state index contributed by atoms with van der Waals surface area (Å²) in [4.78, 5) is 25.3. The maximum absolute atomic E-state index is 12.7. The summed E-state index contributed by atoms with van der Waals surface area (Å²) in [6.07, 6.45) is 2.51. The summed E-state index contributed by atoms with van der Waals surface area (Å²) in [6.45, 7) is 6.96. The van der Waals surface area contributed by atoms with Crippen molar-refractivity contribution in [1.29, 1.82) is 0 Å². The Labute approximate surface area is 151 Å². The molecule has 0 bridgehead atoms. The highest BCUT2D eigenvalue weighted by Gasteiger charge is 2.15. The van der Waals surface area contributed by atoms with Crippen LogP contribution in [-0.4, -0.2) is 29.0 Å². The van der Waals surface area contributed by atoms with Crippen LogP contribution in [0.2, 0.25) is 0 Å². The molecule has 3 aromatic rings. The number of benzene rings is 1. The van der Waals surface area contributed by atoms with Crippen molar-refractivity contribution in [2.24, 2.45) is 0 Å². The molecular formula is C19H22N4OS. The number of amides is 1.